The fourth-order valence-corrected chi connectivity index (χ4v) is 4.26. The molecule has 0 spiro atoms. The predicted molar refractivity (Wildman–Crippen MR) is 89.4 cm³/mol. The van der Waals surface area contributed by atoms with Gasteiger partial charge in [0.25, 0.3) is 0 Å². The fourth-order valence-electron chi connectivity index (χ4n) is 3.50. The highest BCUT2D eigenvalue weighted by Crippen LogP contribution is 2.33. The lowest BCUT2D eigenvalue weighted by Gasteiger charge is -2.27. The molecule has 0 N–H and O–H groups in total. The van der Waals surface area contributed by atoms with Crippen molar-refractivity contribution in [2.24, 2.45) is 18.9 Å². The van der Waals surface area contributed by atoms with Crippen molar-refractivity contribution in [2.75, 3.05) is 0 Å². The molecular formula is C17H27BrN2O. The summed E-state index contributed by atoms with van der Waals surface area (Å²) in [6.07, 6.45) is 8.64. The van der Waals surface area contributed by atoms with Gasteiger partial charge in [0.05, 0.1) is 15.9 Å². The van der Waals surface area contributed by atoms with Crippen LogP contribution >= 0.6 is 15.9 Å². The number of carbonyl (C=O) groups is 1. The molecule has 0 radical (unpaired) electrons. The summed E-state index contributed by atoms with van der Waals surface area (Å²) in [6, 6.07) is 0. The third-order valence-corrected chi connectivity index (χ3v) is 5.76. The highest BCUT2D eigenvalue weighted by molar-refractivity contribution is 9.10. The van der Waals surface area contributed by atoms with E-state index in [1.165, 1.54) is 25.7 Å². The van der Waals surface area contributed by atoms with Crippen molar-refractivity contribution in [3.63, 3.8) is 0 Å². The van der Waals surface area contributed by atoms with Gasteiger partial charge in [-0.15, -0.1) is 0 Å². The minimum atomic E-state index is 0.269. The maximum Gasteiger partial charge on any atom is 0.141 e. The van der Waals surface area contributed by atoms with Crippen LogP contribution < -0.4 is 0 Å². The van der Waals surface area contributed by atoms with Gasteiger partial charge in [0.1, 0.15) is 5.78 Å². The van der Waals surface area contributed by atoms with E-state index in [1.54, 1.807) is 0 Å². The summed E-state index contributed by atoms with van der Waals surface area (Å²) >= 11 is 3.61. The van der Waals surface area contributed by atoms with Gasteiger partial charge in [-0.3, -0.25) is 9.48 Å². The molecule has 1 fully saturated rings. The summed E-state index contributed by atoms with van der Waals surface area (Å²) < 4.78 is 2.89. The van der Waals surface area contributed by atoms with E-state index in [0.717, 1.165) is 41.0 Å². The first-order valence-corrected chi connectivity index (χ1v) is 9.09. The largest absolute Gasteiger partial charge is 0.299 e. The number of nitrogens with zero attached hydrogens (tertiary/aromatic N) is 2. The summed E-state index contributed by atoms with van der Waals surface area (Å²) in [7, 11) is 1.94. The number of hydrogen-bond acceptors (Lipinski definition) is 2. The average Bonchev–Trinajstić information content (AvgIpc) is 2.75. The first-order valence-electron chi connectivity index (χ1n) is 8.29. The zero-order valence-electron chi connectivity index (χ0n) is 13.5. The van der Waals surface area contributed by atoms with Crippen LogP contribution in [0.15, 0.2) is 4.47 Å². The molecule has 1 aliphatic carbocycles. The molecular weight excluding hydrogens is 328 g/mol. The molecule has 0 aliphatic heterocycles. The Hall–Kier alpha value is -0.640. The molecule has 0 saturated heterocycles. The van der Waals surface area contributed by atoms with Crippen LogP contribution in [0.2, 0.25) is 0 Å². The second-order valence-electron chi connectivity index (χ2n) is 6.33. The van der Waals surface area contributed by atoms with Crippen molar-refractivity contribution < 1.29 is 4.79 Å². The van der Waals surface area contributed by atoms with Gasteiger partial charge in [-0.1, -0.05) is 26.7 Å². The lowest BCUT2D eigenvalue weighted by Crippen LogP contribution is -2.24. The SMILES string of the molecule is CCCC1CCC(C(=O)Cc2c(Br)c(CC)nn2C)CC1. The number of Topliss-reactive ketones (excluding diaryl/α,β-unsaturated/α-hetero) is 1. The van der Waals surface area contributed by atoms with Crippen molar-refractivity contribution in [3.05, 3.63) is 15.9 Å². The minimum absolute atomic E-state index is 0.269. The molecule has 118 valence electrons. The Balaban J connectivity index is 1.95. The lowest BCUT2D eigenvalue weighted by atomic mass is 9.77. The molecule has 1 aromatic heterocycles. The molecule has 3 nitrogen and oxygen atoms in total. The number of halogens is 1. The maximum atomic E-state index is 12.6. The molecule has 0 atom stereocenters. The molecule has 21 heavy (non-hydrogen) atoms. The molecule has 1 saturated carbocycles. The normalized spacial score (nSPS) is 22.5. The smallest absolute Gasteiger partial charge is 0.141 e. The number of hydrogen-bond donors (Lipinski definition) is 0. The van der Waals surface area contributed by atoms with Crippen molar-refractivity contribution in [2.45, 2.75) is 65.2 Å². The van der Waals surface area contributed by atoms with Crippen LogP contribution in [0.1, 0.15) is 63.8 Å². The van der Waals surface area contributed by atoms with Crippen LogP contribution in [0.5, 0.6) is 0 Å². The van der Waals surface area contributed by atoms with Gasteiger partial charge >= 0.3 is 0 Å². The highest BCUT2D eigenvalue weighted by atomic mass is 79.9. The van der Waals surface area contributed by atoms with E-state index < -0.39 is 0 Å². The number of carbonyl (C=O) groups excluding carboxylic acids is 1. The highest BCUT2D eigenvalue weighted by Gasteiger charge is 2.27. The molecule has 0 amide bonds. The van der Waals surface area contributed by atoms with Crippen molar-refractivity contribution in [3.8, 4) is 0 Å². The molecule has 0 bridgehead atoms. The summed E-state index contributed by atoms with van der Waals surface area (Å²) in [5.41, 5.74) is 2.08. The predicted octanol–water partition coefficient (Wildman–Crippen LogP) is 4.46. The zero-order valence-corrected chi connectivity index (χ0v) is 15.1. The van der Waals surface area contributed by atoms with Crippen LogP contribution in [-0.2, 0) is 24.7 Å². The number of ketones is 1. The molecule has 1 aliphatic rings. The van der Waals surface area contributed by atoms with E-state index in [-0.39, 0.29) is 5.92 Å². The van der Waals surface area contributed by atoms with E-state index >= 15 is 0 Å². The van der Waals surface area contributed by atoms with Gasteiger partial charge in [0, 0.05) is 19.4 Å². The summed E-state index contributed by atoms with van der Waals surface area (Å²) in [5, 5.41) is 4.48. The van der Waals surface area contributed by atoms with Gasteiger partial charge in [0.2, 0.25) is 0 Å². The summed E-state index contributed by atoms with van der Waals surface area (Å²) in [6.45, 7) is 4.34. The van der Waals surface area contributed by atoms with Gasteiger partial charge in [-0.25, -0.2) is 0 Å². The minimum Gasteiger partial charge on any atom is -0.299 e. The quantitative estimate of drug-likeness (QED) is 0.755. The standard InChI is InChI=1S/C17H27BrN2O/c1-4-6-12-7-9-13(10-8-12)16(21)11-15-17(18)14(5-2)19-20(15)3/h12-13H,4-11H2,1-3H3. The summed E-state index contributed by atoms with van der Waals surface area (Å²) in [5.74, 6) is 1.52. The Morgan fingerprint density at radius 2 is 1.95 bits per heavy atom. The Labute approximate surface area is 136 Å². The van der Waals surface area contributed by atoms with Crippen molar-refractivity contribution in [1.29, 1.82) is 0 Å². The Kier molecular flexibility index (Phi) is 6.03. The second-order valence-corrected chi connectivity index (χ2v) is 7.13. The fraction of sp³-hybridized carbons (Fsp3) is 0.765. The monoisotopic (exact) mass is 354 g/mol. The molecule has 0 unspecified atom stereocenters. The van der Waals surface area contributed by atoms with E-state index in [4.69, 9.17) is 0 Å². The van der Waals surface area contributed by atoms with Gasteiger partial charge in [0.15, 0.2) is 0 Å². The third kappa shape index (κ3) is 3.97. The van der Waals surface area contributed by atoms with Crippen LogP contribution in [0, 0.1) is 11.8 Å². The Bertz CT molecular complexity index is 487. The number of rotatable bonds is 6. The Morgan fingerprint density at radius 3 is 2.48 bits per heavy atom. The van der Waals surface area contributed by atoms with Gasteiger partial charge in [-0.2, -0.15) is 5.10 Å². The second kappa shape index (κ2) is 7.57. The van der Waals surface area contributed by atoms with E-state index in [0.29, 0.717) is 12.2 Å². The van der Waals surface area contributed by atoms with Crippen molar-refractivity contribution >= 4 is 21.7 Å². The first-order chi connectivity index (χ1) is 10.1. The van der Waals surface area contributed by atoms with Crippen LogP contribution in [0.25, 0.3) is 0 Å². The van der Waals surface area contributed by atoms with E-state index in [9.17, 15) is 4.79 Å². The van der Waals surface area contributed by atoms with Gasteiger partial charge < -0.3 is 0 Å². The third-order valence-electron chi connectivity index (χ3n) is 4.84. The number of aromatic nitrogens is 2. The molecule has 1 aromatic rings. The van der Waals surface area contributed by atoms with E-state index in [1.807, 2.05) is 11.7 Å². The van der Waals surface area contributed by atoms with E-state index in [2.05, 4.69) is 34.9 Å². The molecule has 1 heterocycles. The van der Waals surface area contributed by atoms with Crippen LogP contribution in [0.3, 0.4) is 0 Å². The Morgan fingerprint density at radius 1 is 1.29 bits per heavy atom. The zero-order chi connectivity index (χ0) is 15.4. The molecule has 0 aromatic carbocycles. The van der Waals surface area contributed by atoms with Crippen LogP contribution in [-0.4, -0.2) is 15.6 Å². The maximum absolute atomic E-state index is 12.6. The van der Waals surface area contributed by atoms with Crippen LogP contribution in [0.4, 0.5) is 0 Å². The molecule has 4 heteroatoms. The number of aryl methyl sites for hydroxylation is 2. The van der Waals surface area contributed by atoms with Gasteiger partial charge in [-0.05, 0) is 54.0 Å². The van der Waals surface area contributed by atoms with Crippen molar-refractivity contribution in [1.82, 2.24) is 9.78 Å². The lowest BCUT2D eigenvalue weighted by molar-refractivity contribution is -0.123. The summed E-state index contributed by atoms with van der Waals surface area (Å²) in [4.78, 5) is 12.6. The first kappa shape index (κ1) is 16.7. The molecule has 2 rings (SSSR count). The average molecular weight is 355 g/mol. The topological polar surface area (TPSA) is 34.9 Å².